The Morgan fingerprint density at radius 2 is 2.40 bits per heavy atom. The first kappa shape index (κ1) is 13.3. The quantitative estimate of drug-likeness (QED) is 0.867. The Balaban J connectivity index is 1.53. The van der Waals surface area contributed by atoms with Gasteiger partial charge in [0.2, 0.25) is 0 Å². The molecule has 1 aliphatic rings. The van der Waals surface area contributed by atoms with Gasteiger partial charge in [-0.3, -0.25) is 4.68 Å². The smallest absolute Gasteiger partial charge is 0.0904 e. The minimum absolute atomic E-state index is 0.411. The molecule has 2 aromatic heterocycles. The van der Waals surface area contributed by atoms with Crippen LogP contribution in [0.1, 0.15) is 17.0 Å². The first-order valence-corrected chi connectivity index (χ1v) is 6.87. The van der Waals surface area contributed by atoms with Gasteiger partial charge in [-0.15, -0.1) is 5.10 Å². The third-order valence-corrected chi connectivity index (χ3v) is 3.58. The van der Waals surface area contributed by atoms with Gasteiger partial charge < -0.3 is 10.1 Å². The summed E-state index contributed by atoms with van der Waals surface area (Å²) < 4.78 is 9.51. The van der Waals surface area contributed by atoms with Crippen molar-refractivity contribution in [2.45, 2.75) is 26.6 Å². The fourth-order valence-corrected chi connectivity index (χ4v) is 2.47. The lowest BCUT2D eigenvalue weighted by Gasteiger charge is -2.14. The highest BCUT2D eigenvalue weighted by molar-refractivity contribution is 5.07. The van der Waals surface area contributed by atoms with Gasteiger partial charge in [0.25, 0.3) is 0 Å². The van der Waals surface area contributed by atoms with E-state index in [1.807, 2.05) is 35.7 Å². The molecule has 0 amide bonds. The van der Waals surface area contributed by atoms with E-state index in [-0.39, 0.29) is 0 Å². The van der Waals surface area contributed by atoms with E-state index in [1.54, 1.807) is 0 Å². The summed E-state index contributed by atoms with van der Waals surface area (Å²) in [7, 11) is 1.93. The molecule has 0 fully saturated rings. The van der Waals surface area contributed by atoms with E-state index < -0.39 is 0 Å². The summed E-state index contributed by atoms with van der Waals surface area (Å²) >= 11 is 0. The Hall–Kier alpha value is -1.73. The number of fused-ring (bicyclic) bond motifs is 1. The highest BCUT2D eigenvalue weighted by atomic mass is 16.5. The molecule has 7 heteroatoms. The Morgan fingerprint density at radius 1 is 1.50 bits per heavy atom. The molecular formula is C13H20N6O. The van der Waals surface area contributed by atoms with Crippen molar-refractivity contribution in [3.63, 3.8) is 0 Å². The van der Waals surface area contributed by atoms with Crippen LogP contribution >= 0.6 is 0 Å². The monoisotopic (exact) mass is 276 g/mol. The van der Waals surface area contributed by atoms with Gasteiger partial charge >= 0.3 is 0 Å². The Labute approximate surface area is 117 Å². The van der Waals surface area contributed by atoms with Crippen LogP contribution in [0.5, 0.6) is 0 Å². The number of aryl methyl sites for hydroxylation is 2. The van der Waals surface area contributed by atoms with Gasteiger partial charge in [0.05, 0.1) is 30.8 Å². The van der Waals surface area contributed by atoms with E-state index in [1.165, 1.54) is 5.56 Å². The van der Waals surface area contributed by atoms with E-state index in [0.717, 1.165) is 37.6 Å². The number of nitrogens with one attached hydrogen (secondary N) is 1. The highest BCUT2D eigenvalue weighted by Crippen LogP contribution is 2.14. The van der Waals surface area contributed by atoms with Crippen molar-refractivity contribution in [3.05, 3.63) is 29.3 Å². The van der Waals surface area contributed by atoms with Crippen molar-refractivity contribution >= 4 is 0 Å². The summed E-state index contributed by atoms with van der Waals surface area (Å²) in [5.74, 6) is 0.411. The van der Waals surface area contributed by atoms with Crippen LogP contribution in [0, 0.1) is 12.8 Å². The molecule has 1 atom stereocenters. The molecule has 3 heterocycles. The zero-order chi connectivity index (χ0) is 13.9. The van der Waals surface area contributed by atoms with Crippen molar-refractivity contribution in [1.29, 1.82) is 0 Å². The topological polar surface area (TPSA) is 69.8 Å². The van der Waals surface area contributed by atoms with E-state index in [2.05, 4.69) is 20.7 Å². The molecule has 0 unspecified atom stereocenters. The van der Waals surface area contributed by atoms with Gasteiger partial charge in [0.15, 0.2) is 0 Å². The van der Waals surface area contributed by atoms with Gasteiger partial charge in [0, 0.05) is 44.4 Å². The molecule has 0 saturated carbocycles. The zero-order valence-corrected chi connectivity index (χ0v) is 11.9. The molecule has 0 bridgehead atoms. The van der Waals surface area contributed by atoms with Crippen LogP contribution in [0.15, 0.2) is 12.4 Å². The highest BCUT2D eigenvalue weighted by Gasteiger charge is 2.19. The van der Waals surface area contributed by atoms with Crippen LogP contribution in [0.3, 0.4) is 0 Å². The van der Waals surface area contributed by atoms with Gasteiger partial charge in [-0.05, 0) is 6.92 Å². The molecule has 0 aliphatic carbocycles. The van der Waals surface area contributed by atoms with E-state index in [4.69, 9.17) is 4.74 Å². The second kappa shape index (κ2) is 5.72. The molecule has 3 rings (SSSR count). The predicted molar refractivity (Wildman–Crippen MR) is 72.8 cm³/mol. The summed E-state index contributed by atoms with van der Waals surface area (Å²) in [4.78, 5) is 0. The summed E-state index contributed by atoms with van der Waals surface area (Å²) in [6.45, 7) is 5.92. The molecule has 0 radical (unpaired) electrons. The van der Waals surface area contributed by atoms with Crippen molar-refractivity contribution in [2.24, 2.45) is 13.0 Å². The lowest BCUT2D eigenvalue weighted by molar-refractivity contribution is 0.0936. The molecule has 0 saturated heterocycles. The number of ether oxygens (including phenoxy) is 1. The zero-order valence-electron chi connectivity index (χ0n) is 11.9. The minimum Gasteiger partial charge on any atom is -0.375 e. The van der Waals surface area contributed by atoms with Crippen molar-refractivity contribution in [1.82, 2.24) is 30.1 Å². The first-order chi connectivity index (χ1) is 9.72. The first-order valence-electron chi connectivity index (χ1n) is 6.87. The molecule has 108 valence electrons. The molecule has 0 aromatic carbocycles. The molecular weight excluding hydrogens is 256 g/mol. The summed E-state index contributed by atoms with van der Waals surface area (Å²) in [6, 6.07) is 0. The third kappa shape index (κ3) is 2.88. The number of hydrogen-bond donors (Lipinski definition) is 1. The summed E-state index contributed by atoms with van der Waals surface area (Å²) in [6.07, 6.45) is 3.91. The van der Waals surface area contributed by atoms with Gasteiger partial charge in [-0.1, -0.05) is 5.21 Å². The number of aromatic nitrogens is 5. The van der Waals surface area contributed by atoms with Crippen molar-refractivity contribution in [2.75, 3.05) is 13.2 Å². The van der Waals surface area contributed by atoms with E-state index in [9.17, 15) is 0 Å². The third-order valence-electron chi connectivity index (χ3n) is 3.58. The summed E-state index contributed by atoms with van der Waals surface area (Å²) in [5, 5.41) is 15.9. The van der Waals surface area contributed by atoms with Crippen LogP contribution in [0.4, 0.5) is 0 Å². The second-order valence-corrected chi connectivity index (χ2v) is 5.34. The van der Waals surface area contributed by atoms with Crippen LogP contribution in [-0.4, -0.2) is 37.9 Å². The SMILES string of the molecule is Cc1nnn2c1COC[C@@H](CNCc1cnn(C)c1)C2. The van der Waals surface area contributed by atoms with Crippen LogP contribution in [0.2, 0.25) is 0 Å². The maximum Gasteiger partial charge on any atom is 0.0904 e. The maximum absolute atomic E-state index is 5.72. The van der Waals surface area contributed by atoms with Gasteiger partial charge in [-0.25, -0.2) is 4.68 Å². The number of rotatable bonds is 4. The molecule has 20 heavy (non-hydrogen) atoms. The predicted octanol–water partition coefficient (Wildman–Crippen LogP) is 0.256. The molecule has 2 aromatic rings. The average Bonchev–Trinajstić information content (AvgIpc) is 2.91. The second-order valence-electron chi connectivity index (χ2n) is 5.34. The van der Waals surface area contributed by atoms with E-state index >= 15 is 0 Å². The van der Waals surface area contributed by atoms with Crippen LogP contribution in [0.25, 0.3) is 0 Å². The Kier molecular flexibility index (Phi) is 3.79. The molecule has 7 nitrogen and oxygen atoms in total. The average molecular weight is 276 g/mol. The number of hydrogen-bond acceptors (Lipinski definition) is 5. The van der Waals surface area contributed by atoms with E-state index in [0.29, 0.717) is 12.5 Å². The molecule has 1 aliphatic heterocycles. The van der Waals surface area contributed by atoms with Gasteiger partial charge in [-0.2, -0.15) is 5.10 Å². The standard InChI is InChI=1S/C13H20N6O/c1-10-13-9-20-8-12(7-19(13)17-16-10)4-14-3-11-5-15-18(2)6-11/h5-6,12,14H,3-4,7-9H2,1-2H3/t12-/m0/s1. The molecule has 1 N–H and O–H groups in total. The lowest BCUT2D eigenvalue weighted by atomic mass is 10.1. The Morgan fingerprint density at radius 3 is 3.20 bits per heavy atom. The normalized spacial score (nSPS) is 18.8. The maximum atomic E-state index is 5.72. The van der Waals surface area contributed by atoms with Gasteiger partial charge in [0.1, 0.15) is 0 Å². The van der Waals surface area contributed by atoms with Crippen molar-refractivity contribution < 1.29 is 4.74 Å². The minimum atomic E-state index is 0.411. The largest absolute Gasteiger partial charge is 0.375 e. The fraction of sp³-hybridized carbons (Fsp3) is 0.615. The Bertz CT molecular complexity index is 575. The van der Waals surface area contributed by atoms with Crippen molar-refractivity contribution in [3.8, 4) is 0 Å². The fourth-order valence-electron chi connectivity index (χ4n) is 2.47. The molecule has 0 spiro atoms. The summed E-state index contributed by atoms with van der Waals surface area (Å²) in [5.41, 5.74) is 3.26. The lowest BCUT2D eigenvalue weighted by Crippen LogP contribution is -2.28. The number of nitrogens with zero attached hydrogens (tertiary/aromatic N) is 5. The van der Waals surface area contributed by atoms with Crippen LogP contribution in [-0.2, 0) is 31.5 Å². The van der Waals surface area contributed by atoms with Crippen LogP contribution < -0.4 is 5.32 Å².